The zero-order chi connectivity index (χ0) is 36.2. The Morgan fingerprint density at radius 1 is 1.06 bits per heavy atom. The average Bonchev–Trinajstić information content (AvgIpc) is 3.37. The lowest BCUT2D eigenvalue weighted by Gasteiger charge is -2.25. The molecular weight excluding hydrogens is 655 g/mol. The van der Waals surface area contributed by atoms with Crippen molar-refractivity contribution in [3.8, 4) is 0 Å². The molecule has 0 saturated heterocycles. The molecule has 0 saturated carbocycles. The molecule has 0 spiro atoms. The molecule has 0 fully saturated rings. The number of ether oxygens (including phenoxy) is 2. The van der Waals surface area contributed by atoms with Gasteiger partial charge < -0.3 is 14.8 Å². The number of aryl methyl sites for hydroxylation is 3. The van der Waals surface area contributed by atoms with E-state index in [1.165, 1.54) is 0 Å². The van der Waals surface area contributed by atoms with Gasteiger partial charge in [0.25, 0.3) is 0 Å². The van der Waals surface area contributed by atoms with Crippen LogP contribution in [0.4, 0.5) is 4.79 Å². The Hall–Kier alpha value is -4.29. The number of carbonyl (C=O) groups is 2. The van der Waals surface area contributed by atoms with Gasteiger partial charge in [-0.3, -0.25) is 4.79 Å². The number of nitrogens with one attached hydrogen (secondary N) is 1. The topological polar surface area (TPSA) is 133 Å². The van der Waals surface area contributed by atoms with E-state index >= 15 is 0 Å². The summed E-state index contributed by atoms with van der Waals surface area (Å²) in [4.78, 5) is 25.1. The maximum absolute atomic E-state index is 14.2. The molecule has 5 rings (SSSR count). The fraction of sp³-hybridized carbons (Fsp3) is 0.474. The van der Waals surface area contributed by atoms with Crippen LogP contribution in [0.25, 0.3) is 11.0 Å². The standard InChI is InChI=1S/C38H49N5O6S/c1-8-48-36(44)22-32(29-14-15-34-33(21-29)40-41-42(34)7)28-13-11-26(3)31(20-28)24-43-23-25(2)18-30-19-27(12-16-35(30)50(43,46)47)10-9-17-39-37(45)49-38(4,5)6/h11-16,19-21,25,32H,8-10,17-18,22-24H2,1-7H3,(H,39,45). The lowest BCUT2D eigenvalue weighted by atomic mass is 9.86. The van der Waals surface area contributed by atoms with Crippen molar-refractivity contribution in [3.63, 3.8) is 0 Å². The van der Waals surface area contributed by atoms with Crippen LogP contribution in [0.5, 0.6) is 0 Å². The van der Waals surface area contributed by atoms with E-state index in [0.717, 1.165) is 44.4 Å². The third-order valence-corrected chi connectivity index (χ3v) is 10.9. The molecule has 0 aliphatic carbocycles. The van der Waals surface area contributed by atoms with E-state index in [9.17, 15) is 18.0 Å². The molecule has 50 heavy (non-hydrogen) atoms. The molecule has 0 radical (unpaired) electrons. The van der Waals surface area contributed by atoms with Gasteiger partial charge in [-0.05, 0) is 111 Å². The Labute approximate surface area is 295 Å². The summed E-state index contributed by atoms with van der Waals surface area (Å²) in [5.74, 6) is -0.537. The van der Waals surface area contributed by atoms with E-state index in [0.29, 0.717) is 37.2 Å². The number of fused-ring (bicyclic) bond motifs is 2. The van der Waals surface area contributed by atoms with Gasteiger partial charge in [0.2, 0.25) is 10.0 Å². The van der Waals surface area contributed by atoms with Crippen molar-refractivity contribution in [2.24, 2.45) is 13.0 Å². The Balaban J connectivity index is 1.37. The number of hydrogen-bond acceptors (Lipinski definition) is 8. The molecule has 0 bridgehead atoms. The molecule has 1 amide bonds. The number of carbonyl (C=O) groups excluding carboxylic acids is 2. The lowest BCUT2D eigenvalue weighted by Crippen LogP contribution is -2.33. The second-order valence-electron chi connectivity index (χ2n) is 14.3. The van der Waals surface area contributed by atoms with Crippen molar-refractivity contribution in [2.75, 3.05) is 19.7 Å². The van der Waals surface area contributed by atoms with Crippen LogP contribution >= 0.6 is 0 Å². The molecule has 3 aromatic carbocycles. The summed E-state index contributed by atoms with van der Waals surface area (Å²) in [6, 6.07) is 17.5. The van der Waals surface area contributed by atoms with E-state index in [-0.39, 0.29) is 37.4 Å². The molecule has 11 nitrogen and oxygen atoms in total. The SMILES string of the molecule is CCOC(=O)CC(c1ccc(C)c(CN2CC(C)Cc3cc(CCCNC(=O)OC(C)(C)C)ccc3S2(=O)=O)c1)c1ccc2c(c1)nnn2C. The van der Waals surface area contributed by atoms with Crippen molar-refractivity contribution >= 4 is 33.1 Å². The zero-order valence-electron chi connectivity index (χ0n) is 30.2. The van der Waals surface area contributed by atoms with Gasteiger partial charge >= 0.3 is 12.1 Å². The quantitative estimate of drug-likeness (QED) is 0.144. The van der Waals surface area contributed by atoms with Crippen LogP contribution in [0.2, 0.25) is 0 Å². The van der Waals surface area contributed by atoms with Gasteiger partial charge in [0.05, 0.1) is 23.4 Å². The highest BCUT2D eigenvalue weighted by Gasteiger charge is 2.33. The Morgan fingerprint density at radius 3 is 2.54 bits per heavy atom. The predicted octanol–water partition coefficient (Wildman–Crippen LogP) is 6.20. The minimum Gasteiger partial charge on any atom is -0.466 e. The summed E-state index contributed by atoms with van der Waals surface area (Å²) in [6.07, 6.45) is 1.72. The second kappa shape index (κ2) is 15.3. The molecule has 1 aliphatic heterocycles. The summed E-state index contributed by atoms with van der Waals surface area (Å²) in [6.45, 7) is 12.7. The van der Waals surface area contributed by atoms with Crippen molar-refractivity contribution in [3.05, 3.63) is 88.0 Å². The molecule has 1 aliphatic rings. The van der Waals surface area contributed by atoms with E-state index in [4.69, 9.17) is 9.47 Å². The number of nitrogens with zero attached hydrogens (tertiary/aromatic N) is 4. The van der Waals surface area contributed by atoms with Crippen LogP contribution in [0.15, 0.2) is 59.5 Å². The third kappa shape index (κ3) is 8.89. The van der Waals surface area contributed by atoms with Gasteiger partial charge in [0.1, 0.15) is 11.1 Å². The van der Waals surface area contributed by atoms with Crippen LogP contribution < -0.4 is 5.32 Å². The van der Waals surface area contributed by atoms with Gasteiger partial charge in [-0.15, -0.1) is 5.10 Å². The van der Waals surface area contributed by atoms with Gasteiger partial charge in [-0.1, -0.05) is 48.5 Å². The van der Waals surface area contributed by atoms with E-state index < -0.39 is 21.7 Å². The molecule has 2 unspecified atom stereocenters. The third-order valence-electron chi connectivity index (χ3n) is 8.97. The number of rotatable bonds is 11. The predicted molar refractivity (Wildman–Crippen MR) is 192 cm³/mol. The fourth-order valence-corrected chi connectivity index (χ4v) is 8.28. The first-order chi connectivity index (χ1) is 23.6. The molecule has 12 heteroatoms. The largest absolute Gasteiger partial charge is 0.466 e. The normalized spacial score (nSPS) is 16.7. The minimum atomic E-state index is -3.80. The molecule has 268 valence electrons. The summed E-state index contributed by atoms with van der Waals surface area (Å²) in [5.41, 5.74) is 6.56. The zero-order valence-corrected chi connectivity index (χ0v) is 31.0. The van der Waals surface area contributed by atoms with Gasteiger partial charge in [-0.25, -0.2) is 17.9 Å². The smallest absolute Gasteiger partial charge is 0.407 e. The number of amides is 1. The number of hydrogen-bond donors (Lipinski definition) is 1. The molecule has 2 heterocycles. The summed E-state index contributed by atoms with van der Waals surface area (Å²) in [7, 11) is -1.97. The summed E-state index contributed by atoms with van der Waals surface area (Å²) >= 11 is 0. The first kappa shape index (κ1) is 37.0. The van der Waals surface area contributed by atoms with E-state index in [1.807, 2.05) is 83.3 Å². The van der Waals surface area contributed by atoms with E-state index in [1.54, 1.807) is 22.0 Å². The summed E-state index contributed by atoms with van der Waals surface area (Å²) < 4.78 is 42.4. The van der Waals surface area contributed by atoms with Crippen LogP contribution in [0.1, 0.15) is 86.8 Å². The van der Waals surface area contributed by atoms with Gasteiger partial charge in [0.15, 0.2) is 0 Å². The average molecular weight is 704 g/mol. The van der Waals surface area contributed by atoms with Crippen molar-refractivity contribution < 1.29 is 27.5 Å². The van der Waals surface area contributed by atoms with Crippen molar-refractivity contribution in [2.45, 2.75) is 90.2 Å². The Morgan fingerprint density at radius 2 is 1.80 bits per heavy atom. The van der Waals surface area contributed by atoms with Crippen LogP contribution in [0, 0.1) is 12.8 Å². The number of alkyl carbamates (subject to hydrolysis) is 1. The Bertz CT molecular complexity index is 1970. The first-order valence-electron chi connectivity index (χ1n) is 17.3. The molecule has 1 N–H and O–H groups in total. The highest BCUT2D eigenvalue weighted by molar-refractivity contribution is 7.89. The lowest BCUT2D eigenvalue weighted by molar-refractivity contribution is -0.143. The maximum atomic E-state index is 14.2. The molecule has 4 aromatic rings. The van der Waals surface area contributed by atoms with Crippen LogP contribution in [-0.2, 0) is 50.7 Å². The molecule has 1 aromatic heterocycles. The molecule has 2 atom stereocenters. The second-order valence-corrected chi connectivity index (χ2v) is 16.2. The van der Waals surface area contributed by atoms with Crippen molar-refractivity contribution in [1.82, 2.24) is 24.6 Å². The summed E-state index contributed by atoms with van der Waals surface area (Å²) in [5, 5.41) is 11.2. The minimum absolute atomic E-state index is 0.0915. The number of benzene rings is 3. The van der Waals surface area contributed by atoms with Gasteiger partial charge in [0, 0.05) is 32.6 Å². The number of aromatic nitrogens is 3. The monoisotopic (exact) mass is 703 g/mol. The van der Waals surface area contributed by atoms with Crippen LogP contribution in [-0.4, -0.2) is 65.1 Å². The highest BCUT2D eigenvalue weighted by Crippen LogP contribution is 2.34. The highest BCUT2D eigenvalue weighted by atomic mass is 32.2. The van der Waals surface area contributed by atoms with E-state index in [2.05, 4.69) is 22.6 Å². The van der Waals surface area contributed by atoms with Gasteiger partial charge in [-0.2, -0.15) is 4.31 Å². The fourth-order valence-electron chi connectivity index (χ4n) is 6.53. The molecular formula is C38H49N5O6S. The Kier molecular flexibility index (Phi) is 11.3. The first-order valence-corrected chi connectivity index (χ1v) is 18.7. The van der Waals surface area contributed by atoms with Crippen molar-refractivity contribution in [1.29, 1.82) is 0 Å². The number of esters is 1. The van der Waals surface area contributed by atoms with Crippen LogP contribution in [0.3, 0.4) is 0 Å². The number of sulfonamides is 1. The maximum Gasteiger partial charge on any atom is 0.407 e.